The molecule has 0 aromatic carbocycles. The van der Waals surface area contributed by atoms with E-state index in [1.54, 1.807) is 4.68 Å². The molecule has 4 nitrogen and oxygen atoms in total. The van der Waals surface area contributed by atoms with E-state index in [1.807, 2.05) is 13.2 Å². The Morgan fingerprint density at radius 1 is 1.41 bits per heavy atom. The van der Waals surface area contributed by atoms with Gasteiger partial charge in [0.25, 0.3) is 0 Å². The van der Waals surface area contributed by atoms with Gasteiger partial charge in [0.15, 0.2) is 0 Å². The van der Waals surface area contributed by atoms with Crippen molar-refractivity contribution in [1.29, 1.82) is 0 Å². The van der Waals surface area contributed by atoms with Gasteiger partial charge in [0.1, 0.15) is 0 Å². The fourth-order valence-electron chi connectivity index (χ4n) is 2.96. The third-order valence-electron chi connectivity index (χ3n) is 3.73. The van der Waals surface area contributed by atoms with Crippen LogP contribution in [-0.4, -0.2) is 27.1 Å². The zero-order valence-corrected chi connectivity index (χ0v) is 11.1. The van der Waals surface area contributed by atoms with E-state index < -0.39 is 0 Å². The highest BCUT2D eigenvalue weighted by molar-refractivity contribution is 5.03. The van der Waals surface area contributed by atoms with Gasteiger partial charge in [-0.1, -0.05) is 31.4 Å². The molecule has 0 aliphatic carbocycles. The molecule has 0 bridgehead atoms. The molecular formula is C13H24N4. The molecule has 2 heterocycles. The Morgan fingerprint density at radius 3 is 3.00 bits per heavy atom. The van der Waals surface area contributed by atoms with E-state index in [1.165, 1.54) is 38.5 Å². The lowest BCUT2D eigenvalue weighted by Gasteiger charge is -2.33. The van der Waals surface area contributed by atoms with Gasteiger partial charge in [-0.2, -0.15) is 0 Å². The summed E-state index contributed by atoms with van der Waals surface area (Å²) in [4.78, 5) is 0. The molecule has 1 unspecified atom stereocenters. The predicted molar refractivity (Wildman–Crippen MR) is 68.8 cm³/mol. The van der Waals surface area contributed by atoms with Crippen LogP contribution in [0.1, 0.15) is 51.1 Å². The van der Waals surface area contributed by atoms with Crippen LogP contribution < -0.4 is 5.32 Å². The Balaban J connectivity index is 2.09. The van der Waals surface area contributed by atoms with Crippen LogP contribution in [0.3, 0.4) is 0 Å². The van der Waals surface area contributed by atoms with Gasteiger partial charge >= 0.3 is 0 Å². The molecular weight excluding hydrogens is 212 g/mol. The van der Waals surface area contributed by atoms with Crippen LogP contribution in [0.15, 0.2) is 6.20 Å². The Kier molecular flexibility index (Phi) is 4.15. The maximum absolute atomic E-state index is 4.24. The van der Waals surface area contributed by atoms with Crippen molar-refractivity contribution in [3.63, 3.8) is 0 Å². The molecule has 1 atom stereocenters. The van der Waals surface area contributed by atoms with Gasteiger partial charge in [0, 0.05) is 25.2 Å². The third-order valence-corrected chi connectivity index (χ3v) is 3.73. The van der Waals surface area contributed by atoms with Crippen LogP contribution in [0.4, 0.5) is 0 Å². The fourth-order valence-corrected chi connectivity index (χ4v) is 2.96. The maximum atomic E-state index is 4.24. The van der Waals surface area contributed by atoms with Crippen molar-refractivity contribution in [2.75, 3.05) is 6.54 Å². The molecule has 1 aromatic heterocycles. The third kappa shape index (κ3) is 3.28. The average Bonchev–Trinajstić information content (AvgIpc) is 2.57. The first kappa shape index (κ1) is 12.6. The van der Waals surface area contributed by atoms with Crippen LogP contribution in [0.2, 0.25) is 0 Å². The molecule has 1 aromatic rings. The summed E-state index contributed by atoms with van der Waals surface area (Å²) in [5.41, 5.74) is 1.39. The van der Waals surface area contributed by atoms with Gasteiger partial charge in [-0.3, -0.25) is 4.68 Å². The van der Waals surface area contributed by atoms with Crippen molar-refractivity contribution in [1.82, 2.24) is 20.3 Å². The lowest BCUT2D eigenvalue weighted by atomic mass is 9.84. The minimum Gasteiger partial charge on any atom is -0.311 e. The summed E-state index contributed by atoms with van der Waals surface area (Å²) in [6, 6.07) is 0. The largest absolute Gasteiger partial charge is 0.311 e. The molecule has 1 N–H and O–H groups in total. The number of rotatable bonds is 4. The van der Waals surface area contributed by atoms with Gasteiger partial charge < -0.3 is 5.32 Å². The van der Waals surface area contributed by atoms with E-state index in [0.29, 0.717) is 0 Å². The smallest absolute Gasteiger partial charge is 0.0845 e. The number of nitrogens with one attached hydrogen (secondary N) is 1. The first-order valence-corrected chi connectivity index (χ1v) is 6.84. The van der Waals surface area contributed by atoms with E-state index >= 15 is 0 Å². The van der Waals surface area contributed by atoms with Gasteiger partial charge in [-0.15, -0.1) is 5.10 Å². The summed E-state index contributed by atoms with van der Waals surface area (Å²) < 4.78 is 1.80. The van der Waals surface area contributed by atoms with E-state index in [2.05, 4.69) is 22.6 Å². The van der Waals surface area contributed by atoms with E-state index in [0.717, 1.165) is 18.7 Å². The number of nitrogens with zero attached hydrogens (tertiary/aromatic N) is 3. The summed E-state index contributed by atoms with van der Waals surface area (Å²) in [6.07, 6.45) is 10.8. The Hall–Kier alpha value is -0.900. The Morgan fingerprint density at radius 2 is 2.29 bits per heavy atom. The monoisotopic (exact) mass is 236 g/mol. The molecule has 0 amide bonds. The lowest BCUT2D eigenvalue weighted by Crippen LogP contribution is -2.46. The van der Waals surface area contributed by atoms with Crippen molar-refractivity contribution in [2.24, 2.45) is 7.05 Å². The molecule has 1 fully saturated rings. The summed E-state index contributed by atoms with van der Waals surface area (Å²) in [5.74, 6) is 0. The molecule has 96 valence electrons. The Bertz CT molecular complexity index is 337. The van der Waals surface area contributed by atoms with Crippen molar-refractivity contribution in [3.05, 3.63) is 11.9 Å². The zero-order valence-electron chi connectivity index (χ0n) is 11.1. The zero-order chi connectivity index (χ0) is 12.1. The van der Waals surface area contributed by atoms with Crippen molar-refractivity contribution < 1.29 is 0 Å². The molecule has 1 aliphatic heterocycles. The molecule has 2 rings (SSSR count). The molecule has 4 heteroatoms. The Labute approximate surface area is 104 Å². The van der Waals surface area contributed by atoms with Crippen molar-refractivity contribution >= 4 is 0 Å². The normalized spacial score (nSPS) is 25.8. The van der Waals surface area contributed by atoms with Crippen molar-refractivity contribution in [2.45, 2.75) is 57.4 Å². The van der Waals surface area contributed by atoms with Crippen LogP contribution in [0, 0.1) is 0 Å². The first-order valence-electron chi connectivity index (χ1n) is 6.84. The van der Waals surface area contributed by atoms with E-state index in [4.69, 9.17) is 0 Å². The highest BCUT2D eigenvalue weighted by Crippen LogP contribution is 2.27. The first-order chi connectivity index (χ1) is 8.24. The van der Waals surface area contributed by atoms with Gasteiger partial charge in [-0.25, -0.2) is 0 Å². The van der Waals surface area contributed by atoms with Gasteiger partial charge in [0.2, 0.25) is 0 Å². The summed E-state index contributed by atoms with van der Waals surface area (Å²) >= 11 is 0. The molecule has 1 aliphatic rings. The molecule has 0 spiro atoms. The van der Waals surface area contributed by atoms with E-state index in [9.17, 15) is 0 Å². The van der Waals surface area contributed by atoms with Crippen LogP contribution in [0.25, 0.3) is 0 Å². The second-order valence-corrected chi connectivity index (χ2v) is 5.33. The summed E-state index contributed by atoms with van der Waals surface area (Å²) in [6.45, 7) is 3.42. The summed E-state index contributed by atoms with van der Waals surface area (Å²) in [7, 11) is 1.93. The number of hydrogen-bond donors (Lipinski definition) is 1. The molecule has 0 saturated carbocycles. The predicted octanol–water partition coefficient (Wildman–Crippen LogP) is 2.06. The highest BCUT2D eigenvalue weighted by atomic mass is 15.4. The van der Waals surface area contributed by atoms with Crippen LogP contribution >= 0.6 is 0 Å². The maximum Gasteiger partial charge on any atom is 0.0845 e. The average molecular weight is 236 g/mol. The van der Waals surface area contributed by atoms with E-state index in [-0.39, 0.29) is 5.54 Å². The van der Waals surface area contributed by atoms with Gasteiger partial charge in [-0.05, 0) is 25.8 Å². The minimum atomic E-state index is 0.265. The quantitative estimate of drug-likeness (QED) is 0.870. The second kappa shape index (κ2) is 5.63. The number of hydrogen-bond acceptors (Lipinski definition) is 3. The second-order valence-electron chi connectivity index (χ2n) is 5.33. The highest BCUT2D eigenvalue weighted by Gasteiger charge is 2.30. The van der Waals surface area contributed by atoms with Gasteiger partial charge in [0.05, 0.1) is 5.69 Å². The fraction of sp³-hybridized carbons (Fsp3) is 0.846. The SMILES string of the molecule is CCCC1(Cc2cn(C)nn2)CCCCCN1. The summed E-state index contributed by atoms with van der Waals surface area (Å²) in [5, 5.41) is 12.1. The lowest BCUT2D eigenvalue weighted by molar-refractivity contribution is 0.286. The standard InChI is InChI=1S/C13H24N4/c1-3-7-13(8-5-4-6-9-14-13)10-12-11-17(2)16-15-12/h11,14H,3-10H2,1-2H3. The van der Waals surface area contributed by atoms with Crippen LogP contribution in [0.5, 0.6) is 0 Å². The van der Waals surface area contributed by atoms with Crippen LogP contribution in [-0.2, 0) is 13.5 Å². The topological polar surface area (TPSA) is 42.7 Å². The number of aromatic nitrogens is 3. The number of aryl methyl sites for hydroxylation is 1. The molecule has 17 heavy (non-hydrogen) atoms. The van der Waals surface area contributed by atoms with Crippen molar-refractivity contribution in [3.8, 4) is 0 Å². The minimum absolute atomic E-state index is 0.265. The molecule has 1 saturated heterocycles. The molecule has 0 radical (unpaired) electrons.